The Balaban J connectivity index is 0.00000347. The van der Waals surface area contributed by atoms with E-state index < -0.39 is 99.9 Å². The SMILES string of the molecule is CC.Cc1nc2c(N(C)C)ncnc2n1[C@@H]1O[C@H](COP(=O)(O)OP(=O)(O)OP(=O)(O)OP(=O)(O)OC[C@H]2O[C@@H](n3c(C)nc4c(N(C)C)ncnc43)C(O)[C@H]2O)C2OC(Cc3ccccc3)OC21. The van der Waals surface area contributed by atoms with Crippen LogP contribution in [0.3, 0.4) is 0 Å². The minimum absolute atomic E-state index is 0.209. The van der Waals surface area contributed by atoms with Crippen molar-refractivity contribution in [2.45, 2.75) is 89.5 Å². The van der Waals surface area contributed by atoms with Gasteiger partial charge in [0.2, 0.25) is 0 Å². The average molecular weight is 1050 g/mol. The van der Waals surface area contributed by atoms with Crippen LogP contribution in [-0.4, -0.2) is 153 Å². The number of nitrogens with zero attached hydrogens (tertiary/aromatic N) is 10. The van der Waals surface area contributed by atoms with Crippen LogP contribution in [0.25, 0.3) is 22.3 Å². The summed E-state index contributed by atoms with van der Waals surface area (Å²) in [6.07, 6.45) is -8.51. The number of rotatable bonds is 18. The van der Waals surface area contributed by atoms with Gasteiger partial charge in [0.1, 0.15) is 60.9 Å². The highest BCUT2D eigenvalue weighted by Gasteiger charge is 2.55. The van der Waals surface area contributed by atoms with Crippen molar-refractivity contribution in [3.63, 3.8) is 0 Å². The third-order valence-corrected chi connectivity index (χ3v) is 16.4. The summed E-state index contributed by atoms with van der Waals surface area (Å²) in [7, 11) is -16.9. The second-order valence-electron chi connectivity index (χ2n) is 15.7. The molecule has 13 atom stereocenters. The van der Waals surface area contributed by atoms with Gasteiger partial charge in [0.25, 0.3) is 0 Å². The molecule has 5 aromatic rings. The Hall–Kier alpha value is -3.76. The highest BCUT2D eigenvalue weighted by Crippen LogP contribution is 2.71. The van der Waals surface area contributed by atoms with Crippen molar-refractivity contribution in [1.82, 2.24) is 39.0 Å². The molecule has 0 bridgehead atoms. The molecule has 0 radical (unpaired) electrons. The fraction of sp³-hybridized carbons (Fsp3) is 0.556. The average Bonchev–Trinajstić information content (AvgIpc) is 4.06. The Morgan fingerprint density at radius 1 is 0.609 bits per heavy atom. The van der Waals surface area contributed by atoms with Crippen molar-refractivity contribution in [3.8, 4) is 0 Å². The maximum absolute atomic E-state index is 13.1. The van der Waals surface area contributed by atoms with Crippen LogP contribution in [-0.2, 0) is 65.6 Å². The van der Waals surface area contributed by atoms with Gasteiger partial charge in [-0.1, -0.05) is 44.2 Å². The summed E-state index contributed by atoms with van der Waals surface area (Å²) in [6, 6.07) is 9.23. The monoisotopic (exact) mass is 1050 g/mol. The standard InChI is InChI=1S/C34H46N10O19P4.C2H6/c1-17-39-23-29(41(3)4)35-15-37-31(23)43(17)33-26(46)25(45)20(57-33)13-55-64(47,48)61-66(51,52)63-67(53,54)62-65(49,50)56-14-21-27-28(60-22(59-27)12-19-10-8-7-9-11-19)34(58-21)44-18(2)40-24-30(42(5)6)36-16-38-32(24)44;1-2/h7-11,15-16,20-22,25-28,33-34,45-46H,12-14H2,1-6H3,(H,47,48)(H,49,50)(H,51,52)(H,53,54);1-2H3/t20-,21-,22?,25+,26?,27?,28?,33-,34-;/m1./s1. The van der Waals surface area contributed by atoms with Crippen LogP contribution >= 0.6 is 31.3 Å². The molecule has 3 saturated heterocycles. The zero-order valence-electron chi connectivity index (χ0n) is 38.1. The quantitative estimate of drug-likeness (QED) is 0.0687. The van der Waals surface area contributed by atoms with Crippen LogP contribution in [0, 0.1) is 13.8 Å². The third kappa shape index (κ3) is 11.6. The smallest absolute Gasteiger partial charge is 0.387 e. The topological polar surface area (TPSA) is 366 Å². The lowest BCUT2D eigenvalue weighted by Gasteiger charge is -2.23. The lowest BCUT2D eigenvalue weighted by molar-refractivity contribution is -0.149. The molecule has 33 heteroatoms. The first-order valence-electron chi connectivity index (χ1n) is 20.9. The molecule has 69 heavy (non-hydrogen) atoms. The number of ether oxygens (including phenoxy) is 4. The second-order valence-corrected chi connectivity index (χ2v) is 22.0. The van der Waals surface area contributed by atoms with Gasteiger partial charge >= 0.3 is 31.3 Å². The van der Waals surface area contributed by atoms with Gasteiger partial charge in [-0.15, -0.1) is 0 Å². The molecule has 0 saturated carbocycles. The first-order chi connectivity index (χ1) is 32.4. The van der Waals surface area contributed by atoms with Crippen molar-refractivity contribution >= 4 is 65.3 Å². The van der Waals surface area contributed by atoms with Crippen LogP contribution in [0.15, 0.2) is 43.0 Å². The van der Waals surface area contributed by atoms with E-state index in [-0.39, 0.29) is 11.5 Å². The maximum atomic E-state index is 13.1. The summed E-state index contributed by atoms with van der Waals surface area (Å²) in [5.41, 5.74) is 2.21. The predicted octanol–water partition coefficient (Wildman–Crippen LogP) is 2.80. The highest BCUT2D eigenvalue weighted by molar-refractivity contribution is 7.69. The normalized spacial score (nSPS) is 28.1. The van der Waals surface area contributed by atoms with E-state index in [1.54, 1.807) is 56.4 Å². The molecule has 1 aromatic carbocycles. The van der Waals surface area contributed by atoms with Gasteiger partial charge in [-0.05, 0) is 19.4 Å². The molecule has 3 fully saturated rings. The van der Waals surface area contributed by atoms with E-state index in [9.17, 15) is 48.0 Å². The number of hydrogen-bond donors (Lipinski definition) is 6. The summed E-state index contributed by atoms with van der Waals surface area (Å²) in [6.45, 7) is 5.31. The number of aliphatic hydroxyl groups is 2. The fourth-order valence-corrected chi connectivity index (χ4v) is 12.8. The maximum Gasteiger partial charge on any atom is 0.490 e. The van der Waals surface area contributed by atoms with Gasteiger partial charge in [0.15, 0.2) is 52.7 Å². The Labute approximate surface area is 393 Å². The zero-order valence-corrected chi connectivity index (χ0v) is 41.7. The summed E-state index contributed by atoms with van der Waals surface area (Å²) < 4.78 is 101. The Bertz CT molecular complexity index is 2820. The molecule has 380 valence electrons. The minimum atomic E-state index is -6.20. The molecular weight excluding hydrogens is 1000 g/mol. The number of aryl methyl sites for hydroxylation is 2. The second kappa shape index (κ2) is 20.8. The molecule has 0 aliphatic carbocycles. The molecule has 0 spiro atoms. The Morgan fingerprint density at radius 3 is 1.57 bits per heavy atom. The highest BCUT2D eigenvalue weighted by atomic mass is 31.3. The van der Waals surface area contributed by atoms with Crippen LogP contribution in [0.2, 0.25) is 0 Å². The minimum Gasteiger partial charge on any atom is -0.387 e. The number of phosphoric ester groups is 2. The van der Waals surface area contributed by atoms with Crippen LogP contribution in [0.5, 0.6) is 0 Å². The number of benzene rings is 1. The first kappa shape index (κ1) is 53.0. The van der Waals surface area contributed by atoms with Crippen molar-refractivity contribution in [2.75, 3.05) is 51.2 Å². The van der Waals surface area contributed by atoms with E-state index in [2.05, 4.69) is 42.8 Å². The van der Waals surface area contributed by atoms with Crippen molar-refractivity contribution in [2.24, 2.45) is 0 Å². The largest absolute Gasteiger partial charge is 0.490 e. The summed E-state index contributed by atoms with van der Waals surface area (Å²) in [5, 5.41) is 21.6. The van der Waals surface area contributed by atoms with E-state index >= 15 is 0 Å². The number of aliphatic hydroxyl groups excluding tert-OH is 2. The molecule has 7 heterocycles. The summed E-state index contributed by atoms with van der Waals surface area (Å²) in [4.78, 5) is 70.8. The lowest BCUT2D eigenvalue weighted by Crippen LogP contribution is -2.33. The number of aromatic nitrogens is 8. The van der Waals surface area contributed by atoms with Gasteiger partial charge in [-0.25, -0.2) is 48.2 Å². The van der Waals surface area contributed by atoms with Crippen LogP contribution in [0.1, 0.15) is 43.5 Å². The summed E-state index contributed by atoms with van der Waals surface area (Å²) >= 11 is 0. The Kier molecular flexibility index (Phi) is 16.0. The number of phosphoric acid groups is 4. The van der Waals surface area contributed by atoms with Crippen molar-refractivity contribution < 1.29 is 89.0 Å². The van der Waals surface area contributed by atoms with E-state index in [4.69, 9.17) is 28.0 Å². The lowest BCUT2D eigenvalue weighted by atomic mass is 10.1. The molecule has 6 N–H and O–H groups in total. The van der Waals surface area contributed by atoms with Gasteiger partial charge < -0.3 is 58.5 Å². The van der Waals surface area contributed by atoms with E-state index in [1.165, 1.54) is 17.2 Å². The first-order valence-corrected chi connectivity index (χ1v) is 26.9. The van der Waals surface area contributed by atoms with Crippen molar-refractivity contribution in [1.29, 1.82) is 0 Å². The van der Waals surface area contributed by atoms with Crippen molar-refractivity contribution in [3.05, 3.63) is 60.2 Å². The van der Waals surface area contributed by atoms with Gasteiger partial charge in [-0.3, -0.25) is 18.2 Å². The number of hydrogen-bond acceptors (Lipinski definition) is 23. The molecular formula is C36H52N10O19P4. The molecule has 29 nitrogen and oxygen atoms in total. The predicted molar refractivity (Wildman–Crippen MR) is 238 cm³/mol. The molecule has 0 amide bonds. The molecule has 8 rings (SSSR count). The fourth-order valence-electron chi connectivity index (χ4n) is 7.80. The van der Waals surface area contributed by atoms with Crippen LogP contribution in [0.4, 0.5) is 11.6 Å². The third-order valence-electron chi connectivity index (χ3n) is 10.5. The molecule has 8 unspecified atom stereocenters. The molecule has 3 aliphatic rings. The van der Waals surface area contributed by atoms with E-state index in [0.29, 0.717) is 40.6 Å². The van der Waals surface area contributed by atoms with Gasteiger partial charge in [-0.2, -0.15) is 12.9 Å². The van der Waals surface area contributed by atoms with Gasteiger partial charge in [0, 0.05) is 34.6 Å². The Morgan fingerprint density at radius 2 is 1.06 bits per heavy atom. The van der Waals surface area contributed by atoms with Crippen LogP contribution < -0.4 is 9.80 Å². The molecule has 4 aromatic heterocycles. The number of fused-ring (bicyclic) bond motifs is 3. The zero-order chi connectivity index (χ0) is 50.4. The number of anilines is 2. The van der Waals surface area contributed by atoms with Gasteiger partial charge in [0.05, 0.1) is 13.2 Å². The molecule has 3 aliphatic heterocycles. The van der Waals surface area contributed by atoms with E-state index in [0.717, 1.165) is 5.56 Å². The number of imidazole rings is 2. The summed E-state index contributed by atoms with van der Waals surface area (Å²) in [5.74, 6) is 1.65. The van der Waals surface area contributed by atoms with E-state index in [1.807, 2.05) is 44.2 Å².